The number of rotatable bonds is 4. The number of fused-ring (bicyclic) bond motifs is 5. The molecule has 0 aromatic heterocycles. The largest absolute Gasteiger partial charge is 0.545 e. The number of nitrogens with zero attached hydrogens (tertiary/aromatic N) is 1. The number of hydrogen-bond donors (Lipinski definition) is 2. The van der Waals surface area contributed by atoms with Gasteiger partial charge >= 0.3 is 13.9 Å². The first-order chi connectivity index (χ1) is 14.9. The summed E-state index contributed by atoms with van der Waals surface area (Å²) in [6, 6.07) is -0.425. The molecule has 0 heterocycles. The first-order valence-electron chi connectivity index (χ1n) is 12.6. The van der Waals surface area contributed by atoms with Gasteiger partial charge in [0.25, 0.3) is 0 Å². The fraction of sp³-hybridized carbons (Fsp3) is 0.808. The number of amides is 1. The van der Waals surface area contributed by atoms with Gasteiger partial charge in [-0.2, -0.15) is 4.89 Å². The Morgan fingerprint density at radius 3 is 2.38 bits per heavy atom. The van der Waals surface area contributed by atoms with Gasteiger partial charge in [-0.1, -0.05) is 25.8 Å². The van der Waals surface area contributed by atoms with E-state index in [1.165, 1.54) is 25.7 Å². The third-order valence-electron chi connectivity index (χ3n) is 10.1. The van der Waals surface area contributed by atoms with Crippen molar-refractivity contribution in [3.05, 3.63) is 23.0 Å². The smallest absolute Gasteiger partial charge is 0.227 e. The van der Waals surface area contributed by atoms with E-state index in [1.807, 2.05) is 39.8 Å². The number of hydroxylamine groups is 3. The number of allylic oxidation sites excluding steroid dienone is 4. The molecule has 0 aromatic carbocycles. The van der Waals surface area contributed by atoms with Crippen molar-refractivity contribution in [2.24, 2.45) is 34.5 Å². The van der Waals surface area contributed by atoms with E-state index in [0.29, 0.717) is 29.0 Å². The minimum Gasteiger partial charge on any atom is -0.227 e. The summed E-state index contributed by atoms with van der Waals surface area (Å²) in [6.07, 6.45) is 11.2. The zero-order chi connectivity index (χ0) is 23.6. The Morgan fingerprint density at radius 2 is 1.78 bits per heavy atom. The molecular formula is C26H42NO4P+2. The molecule has 3 saturated carbocycles. The average Bonchev–Trinajstić information content (AvgIpc) is 3.12. The van der Waals surface area contributed by atoms with Crippen molar-refractivity contribution in [2.75, 3.05) is 0 Å². The first kappa shape index (κ1) is 24.3. The highest BCUT2D eigenvalue weighted by Gasteiger charge is 2.63. The van der Waals surface area contributed by atoms with E-state index >= 15 is 0 Å². The zero-order valence-corrected chi connectivity index (χ0v) is 21.6. The van der Waals surface area contributed by atoms with Crippen molar-refractivity contribution in [3.63, 3.8) is 0 Å². The molecule has 4 aliphatic carbocycles. The maximum absolute atomic E-state index is 14.2. The van der Waals surface area contributed by atoms with Crippen molar-refractivity contribution in [1.29, 1.82) is 0 Å². The number of quaternary nitrogens is 1. The lowest BCUT2D eigenvalue weighted by Crippen LogP contribution is -2.64. The van der Waals surface area contributed by atoms with Crippen molar-refractivity contribution < 1.29 is 24.1 Å². The maximum Gasteiger partial charge on any atom is 0.545 e. The normalized spacial score (nSPS) is 39.8. The highest BCUT2D eigenvalue weighted by molar-refractivity contribution is 7.43. The number of carbonyl (C=O) groups excluding carboxylic acids is 1. The molecule has 4 aliphatic rings. The molecule has 0 aliphatic heterocycles. The molecule has 1 amide bonds. The Bertz CT molecular complexity index is 869. The lowest BCUT2D eigenvalue weighted by atomic mass is 9.45. The fourth-order valence-electron chi connectivity index (χ4n) is 8.15. The second-order valence-electron chi connectivity index (χ2n) is 12.1. The van der Waals surface area contributed by atoms with Crippen LogP contribution in [0.3, 0.4) is 0 Å². The molecule has 32 heavy (non-hydrogen) atoms. The molecule has 2 N–H and O–H groups in total. The van der Waals surface area contributed by atoms with Crippen LogP contribution in [0.15, 0.2) is 23.0 Å². The van der Waals surface area contributed by atoms with Gasteiger partial charge < -0.3 is 0 Å². The second kappa shape index (κ2) is 8.12. The molecule has 0 radical (unpaired) electrons. The molecule has 178 valence electrons. The third-order valence-corrected chi connectivity index (χ3v) is 10.8. The predicted octanol–water partition coefficient (Wildman–Crippen LogP) is 6.34. The van der Waals surface area contributed by atoms with Gasteiger partial charge in [0.1, 0.15) is 12.1 Å². The van der Waals surface area contributed by atoms with Crippen LogP contribution in [0.4, 0.5) is 0 Å². The molecule has 6 heteroatoms. The van der Waals surface area contributed by atoms with Crippen molar-refractivity contribution >= 4 is 13.9 Å². The number of carbonyl (C=O) groups is 1. The maximum atomic E-state index is 14.2. The van der Waals surface area contributed by atoms with Gasteiger partial charge in [-0.3, -0.25) is 0 Å². The van der Waals surface area contributed by atoms with Gasteiger partial charge in [0, 0.05) is 0 Å². The highest BCUT2D eigenvalue weighted by atomic mass is 31.1. The predicted molar refractivity (Wildman–Crippen MR) is 126 cm³/mol. The Morgan fingerprint density at radius 1 is 1.12 bits per heavy atom. The van der Waals surface area contributed by atoms with E-state index in [4.69, 9.17) is 0 Å². The minimum absolute atomic E-state index is 0.0476. The molecule has 0 bridgehead atoms. The molecule has 0 aromatic rings. The van der Waals surface area contributed by atoms with E-state index in [9.17, 15) is 19.5 Å². The van der Waals surface area contributed by atoms with Gasteiger partial charge in [-0.05, 0) is 112 Å². The van der Waals surface area contributed by atoms with Gasteiger partial charge in [0.2, 0.25) is 5.31 Å². The van der Waals surface area contributed by atoms with Crippen LogP contribution in [0.25, 0.3) is 0 Å². The van der Waals surface area contributed by atoms with Crippen LogP contribution < -0.4 is 0 Å². The van der Waals surface area contributed by atoms with Gasteiger partial charge in [0.15, 0.2) is 0 Å². The molecule has 4 rings (SSSR count). The summed E-state index contributed by atoms with van der Waals surface area (Å²) in [5.74, 6) is 0.864. The van der Waals surface area contributed by atoms with Gasteiger partial charge in [0.05, 0.1) is 5.92 Å². The minimum atomic E-state index is -2.39. The standard InChI is InChI=1S/C26H41NO4P/c1-16(2)27(29,17(3)4)24(28)20-15-18-14-19(32(30)31)9-13-26(18,6)22-10-12-25(5)11-7-8-21(25)23(20)22/h9,14,16-17,20-23,29H,7-8,10-13,15H2,1-6H3/q+1/p+1/t20-,21-,22-,23-,25-,26-/m0/s1. The van der Waals surface area contributed by atoms with Gasteiger partial charge in [-0.25, -0.2) is 10.0 Å². The lowest BCUT2D eigenvalue weighted by molar-refractivity contribution is -1.07. The third kappa shape index (κ3) is 3.42. The zero-order valence-electron chi connectivity index (χ0n) is 20.7. The van der Waals surface area contributed by atoms with E-state index in [2.05, 4.69) is 13.8 Å². The summed E-state index contributed by atoms with van der Waals surface area (Å²) in [6.45, 7) is 12.5. The molecule has 3 fully saturated rings. The summed E-state index contributed by atoms with van der Waals surface area (Å²) in [5, 5.41) is 12.1. The molecular weight excluding hydrogens is 421 g/mol. The SMILES string of the molecule is CC(C)[N+](O)(C(=O)[C@H]1CC2=CC([P+](=O)O)=CC[C@]2(C)[C@H]2CC[C@]3(C)CCC[C@H]3[C@H]12)C(C)C. The lowest BCUT2D eigenvalue weighted by Gasteiger charge is -2.59. The fourth-order valence-corrected chi connectivity index (χ4v) is 8.66. The molecule has 5 nitrogen and oxygen atoms in total. The van der Waals surface area contributed by atoms with Crippen LogP contribution in [-0.4, -0.2) is 32.7 Å². The Hall–Kier alpha value is -0.870. The molecule has 7 atom stereocenters. The Labute approximate surface area is 194 Å². The quantitative estimate of drug-likeness (QED) is 0.221. The van der Waals surface area contributed by atoms with Crippen molar-refractivity contribution in [2.45, 2.75) is 98.6 Å². The van der Waals surface area contributed by atoms with Crippen molar-refractivity contribution in [3.8, 4) is 0 Å². The van der Waals surface area contributed by atoms with Gasteiger partial charge in [-0.15, -0.1) is 4.65 Å². The van der Waals surface area contributed by atoms with E-state index in [-0.39, 0.29) is 35.2 Å². The molecule has 0 spiro atoms. The summed E-state index contributed by atoms with van der Waals surface area (Å²) in [7, 11) is -2.39. The summed E-state index contributed by atoms with van der Waals surface area (Å²) < 4.78 is 11.4. The summed E-state index contributed by atoms with van der Waals surface area (Å²) >= 11 is 0. The molecule has 0 saturated heterocycles. The van der Waals surface area contributed by atoms with Crippen molar-refractivity contribution in [1.82, 2.24) is 0 Å². The summed E-state index contributed by atoms with van der Waals surface area (Å²) in [5.41, 5.74) is 1.37. The number of hydrogen-bond acceptors (Lipinski definition) is 3. The van der Waals surface area contributed by atoms with Crippen LogP contribution in [0, 0.1) is 34.5 Å². The van der Waals surface area contributed by atoms with E-state index < -0.39 is 12.7 Å². The first-order valence-corrected chi connectivity index (χ1v) is 13.8. The Balaban J connectivity index is 1.83. The van der Waals surface area contributed by atoms with Crippen LogP contribution in [-0.2, 0) is 9.36 Å². The monoisotopic (exact) mass is 463 g/mol. The van der Waals surface area contributed by atoms with Crippen LogP contribution >= 0.6 is 8.03 Å². The Kier molecular flexibility index (Phi) is 6.15. The van der Waals surface area contributed by atoms with E-state index in [1.54, 1.807) is 0 Å². The second-order valence-corrected chi connectivity index (χ2v) is 13.2. The van der Waals surface area contributed by atoms with Crippen LogP contribution in [0.1, 0.15) is 86.5 Å². The summed E-state index contributed by atoms with van der Waals surface area (Å²) in [4.78, 5) is 24.0. The van der Waals surface area contributed by atoms with Crippen LogP contribution in [0.5, 0.6) is 0 Å². The van der Waals surface area contributed by atoms with Crippen LogP contribution in [0.2, 0.25) is 0 Å². The van der Waals surface area contributed by atoms with E-state index in [0.717, 1.165) is 18.4 Å². The highest BCUT2D eigenvalue weighted by Crippen LogP contribution is 2.67. The molecule has 1 unspecified atom stereocenters. The average molecular weight is 464 g/mol. The topological polar surface area (TPSA) is 74.6 Å².